The molecular weight excluding hydrogens is 1530 g/mol. The van der Waals surface area contributed by atoms with Gasteiger partial charge in [0.05, 0.1) is 18.9 Å². The summed E-state index contributed by atoms with van der Waals surface area (Å²) >= 11 is 1.19. The molecule has 614 valence electrons. The molecule has 0 saturated heterocycles. The molecule has 113 heavy (non-hydrogen) atoms. The minimum Gasteiger partial charge on any atom is -0.497 e. The number of guanidine groups is 1. The minimum absolute atomic E-state index is 0.00648. The van der Waals surface area contributed by atoms with Crippen molar-refractivity contribution < 1.29 is 91.6 Å². The van der Waals surface area contributed by atoms with Gasteiger partial charge in [-0.1, -0.05) is 92.1 Å². The van der Waals surface area contributed by atoms with E-state index in [1.54, 1.807) is 87.8 Å². The maximum absolute atomic E-state index is 12.7. The number of fused-ring (bicyclic) bond motifs is 2. The molecule has 3 aromatic heterocycles. The summed E-state index contributed by atoms with van der Waals surface area (Å²) in [5.74, 6) is -17.7. The smallest absolute Gasteiger partial charge is 0.306 e. The molecule has 1 aliphatic rings. The van der Waals surface area contributed by atoms with Crippen LogP contribution in [0.1, 0.15) is 111 Å². The lowest BCUT2D eigenvalue weighted by Gasteiger charge is -2.27. The van der Waals surface area contributed by atoms with Crippen molar-refractivity contribution in [2.75, 3.05) is 24.6 Å². The third-order valence-corrected chi connectivity index (χ3v) is 20.9. The van der Waals surface area contributed by atoms with E-state index < -0.39 is 222 Å². The van der Waals surface area contributed by atoms with E-state index in [4.69, 9.17) is 22.0 Å². The average molecular weight is 1630 g/mol. The summed E-state index contributed by atoms with van der Waals surface area (Å²) in [6.07, 6.45) is 0.0235. The van der Waals surface area contributed by atoms with Crippen molar-refractivity contribution in [1.82, 2.24) is 20.3 Å². The summed E-state index contributed by atoms with van der Waals surface area (Å²) in [4.78, 5) is 78.6. The van der Waals surface area contributed by atoms with Gasteiger partial charge in [-0.25, -0.2) is 69.9 Å². The maximum Gasteiger partial charge on any atom is 0.306 e. The van der Waals surface area contributed by atoms with Crippen molar-refractivity contribution in [2.24, 2.45) is 82.5 Å². The van der Waals surface area contributed by atoms with Crippen LogP contribution in [0.2, 0.25) is 0 Å². The number of carboxylic acid groups (broad SMARTS) is 1. The third-order valence-electron chi connectivity index (χ3n) is 17.5. The molecule has 5 aromatic rings. The SMILES string of the molecule is CCC(C)C(N=C(C)O)C(O)=NC1CSSCC(C(O)=NC(C(=N)O)C(C)O)N=C(O)C(CCCNC(=N)N)N=C(O)C(Cc2cnc[nH]2)N=C(O)C(C)N=C(O)CN=C(O)C(Cc2c[nH]c3ccccc23)N=C(O)C(CC(=O)O)N=C(O)C(CCC(=N)O)N=C(O)C(C)(c2csc3ccccc23)N=C(O)C(C(C)C)N=C1O. The van der Waals surface area contributed by atoms with Crippen molar-refractivity contribution in [1.29, 1.82) is 16.2 Å². The first kappa shape index (κ1) is 90.5. The lowest BCUT2D eigenvalue weighted by molar-refractivity contribution is -0.137. The third kappa shape index (κ3) is 26.9. The quantitative estimate of drug-likeness (QED) is 0.0118. The molecule has 42 heteroatoms. The Morgan fingerprint density at radius 3 is 1.96 bits per heavy atom. The highest BCUT2D eigenvalue weighted by molar-refractivity contribution is 8.76. The average Bonchev–Trinajstić information content (AvgIpc) is 1.66. The highest BCUT2D eigenvalue weighted by Crippen LogP contribution is 2.38. The van der Waals surface area contributed by atoms with Crippen LogP contribution in [0.5, 0.6) is 0 Å². The van der Waals surface area contributed by atoms with Gasteiger partial charge in [-0.3, -0.25) is 21.0 Å². The number of aromatic amines is 2. The maximum atomic E-state index is 12.7. The van der Waals surface area contributed by atoms with Crippen LogP contribution in [0, 0.1) is 28.1 Å². The number of para-hydroxylation sites is 1. The summed E-state index contributed by atoms with van der Waals surface area (Å²) < 4.78 is 0.640. The number of benzene rings is 2. The van der Waals surface area contributed by atoms with Crippen molar-refractivity contribution in [3.8, 4) is 0 Å². The van der Waals surface area contributed by atoms with Crippen LogP contribution in [-0.4, -0.2) is 299 Å². The molecule has 4 heterocycles. The van der Waals surface area contributed by atoms with Gasteiger partial charge in [0.1, 0.15) is 67.0 Å². The Labute approximate surface area is 660 Å². The summed E-state index contributed by atoms with van der Waals surface area (Å²) in [7, 11) is 1.75. The molecule has 0 fully saturated rings. The first-order chi connectivity index (χ1) is 53.4. The topological polar surface area (TPSA) is 676 Å². The molecule has 0 spiro atoms. The highest BCUT2D eigenvalue weighted by atomic mass is 33.1. The van der Waals surface area contributed by atoms with Gasteiger partial charge in [-0.05, 0) is 80.3 Å². The number of aliphatic hydroxyl groups excluding tert-OH is 16. The van der Waals surface area contributed by atoms with E-state index in [0.29, 0.717) is 38.7 Å². The monoisotopic (exact) mass is 1630 g/mol. The van der Waals surface area contributed by atoms with Crippen molar-refractivity contribution in [2.45, 2.75) is 185 Å². The van der Waals surface area contributed by atoms with Crippen LogP contribution in [0.15, 0.2) is 138 Å². The number of carbonyl (C=O) groups is 1. The molecule has 0 saturated carbocycles. The number of aliphatic hydroxyl groups is 16. The number of aromatic nitrogens is 3. The summed E-state index contributed by atoms with van der Waals surface area (Å²) in [5.41, 5.74) is 4.93. The molecule has 0 amide bonds. The fraction of sp³-hybridized carbons (Fsp3) is 0.493. The zero-order valence-electron chi connectivity index (χ0n) is 63.1. The molecule has 14 unspecified atom stereocenters. The van der Waals surface area contributed by atoms with Crippen LogP contribution in [-0.2, 0) is 23.2 Å². The Kier molecular flexibility index (Phi) is 34.3. The molecule has 6 rings (SSSR count). The summed E-state index contributed by atoms with van der Waals surface area (Å²) in [6.45, 7) is 10.8. The zero-order chi connectivity index (χ0) is 83.6. The number of nitrogens with zero attached hydrogens (tertiary/aromatic N) is 14. The number of nitrogens with one attached hydrogen (secondary N) is 6. The number of nitrogens with two attached hydrogens (primary N) is 1. The lowest BCUT2D eigenvalue weighted by atomic mass is 9.91. The molecule has 1 aliphatic heterocycles. The number of imidazole rings is 1. The van der Waals surface area contributed by atoms with Crippen LogP contribution in [0.4, 0.5) is 0 Å². The van der Waals surface area contributed by atoms with Crippen molar-refractivity contribution in [3.63, 3.8) is 0 Å². The Balaban J connectivity index is 1.67. The number of carboxylic acids is 1. The van der Waals surface area contributed by atoms with Gasteiger partial charge in [-0.15, -0.1) is 11.3 Å². The Morgan fingerprint density at radius 2 is 1.33 bits per heavy atom. The number of aliphatic imine (C=N–C) groups is 13. The highest BCUT2D eigenvalue weighted by Gasteiger charge is 2.40. The Bertz CT molecular complexity index is 4510. The normalized spacial score (nSPS) is 24.0. The Morgan fingerprint density at radius 1 is 0.708 bits per heavy atom. The standard InChI is InChI=1S/C71H99N21O18S3/c1-9-34(4)56(82-37(7)94)67(108)88-50-31-113-112-30-49(66(107)91-57(36(6)93)58(73)99)87-61(102)44(18-14-22-77-70(74)75)83-63(104)47(24-39-27-76-32-80-39)84-59(100)35(5)81-53(96)28-79-60(101)46(23-38-26-78-43-17-12-10-15-40(38)43)85-64(105)48(25-54(97)98)86-62(103)45(20-21-52(72)95)89-69(110)71(8,42-29-111-51-19-13-11-16-41(42)51)92-68(109)55(33(2)3)90-65(50)106/h10-13,15-17,19,26-27,29,32-36,44-50,55-57,78,93H,9,14,18,20-25,28,30-31H2,1-8H3,(H2,72,95)(H2,73,99)(H,76,80)(H,79,101)(H,81,96)(H,82,94)(H,83,104)(H,84,100)(H,85,105)(H,86,103)(H,87,102)(H,88,108)(H,89,110)(H,90,106)(H,91,107)(H,92,109)(H,97,98)(H4,74,75,77). The van der Waals surface area contributed by atoms with E-state index in [0.717, 1.165) is 21.6 Å². The summed E-state index contributed by atoms with van der Waals surface area (Å²) in [6, 6.07) is -4.31. The van der Waals surface area contributed by atoms with E-state index in [1.807, 2.05) is 0 Å². The predicted octanol–water partition coefficient (Wildman–Crippen LogP) is 9.40. The van der Waals surface area contributed by atoms with Crippen LogP contribution in [0.25, 0.3) is 21.0 Å². The number of H-pyrrole nitrogens is 2. The molecular formula is C71H99N21O18S3. The number of rotatable bonds is 24. The fourth-order valence-corrected chi connectivity index (χ4v) is 14.5. The van der Waals surface area contributed by atoms with Crippen molar-refractivity contribution in [3.05, 3.63) is 89.5 Å². The van der Waals surface area contributed by atoms with Gasteiger partial charge < -0.3 is 108 Å². The first-order valence-electron chi connectivity index (χ1n) is 35.6. The molecule has 0 radical (unpaired) electrons. The van der Waals surface area contributed by atoms with Crippen LogP contribution >= 0.6 is 32.9 Å². The van der Waals surface area contributed by atoms with Gasteiger partial charge >= 0.3 is 5.97 Å². The second-order valence-corrected chi connectivity index (χ2v) is 30.3. The van der Waals surface area contributed by atoms with Gasteiger partial charge in [0, 0.05) is 83.5 Å². The molecule has 14 atom stereocenters. The van der Waals surface area contributed by atoms with Crippen molar-refractivity contribution >= 4 is 154 Å². The predicted molar refractivity (Wildman–Crippen MR) is 444 cm³/mol. The van der Waals surface area contributed by atoms with Crippen LogP contribution in [0.3, 0.4) is 0 Å². The molecule has 0 aliphatic carbocycles. The van der Waals surface area contributed by atoms with Crippen LogP contribution < -0.4 is 11.1 Å². The van der Waals surface area contributed by atoms with Gasteiger partial charge in [0.25, 0.3) is 0 Å². The first-order valence-corrected chi connectivity index (χ1v) is 38.9. The molecule has 2 aromatic carbocycles. The van der Waals surface area contributed by atoms with E-state index >= 15 is 0 Å². The van der Waals surface area contributed by atoms with Gasteiger partial charge in [0.15, 0.2) is 29.3 Å². The van der Waals surface area contributed by atoms with E-state index in [9.17, 15) is 91.6 Å². The second-order valence-electron chi connectivity index (χ2n) is 26.8. The number of hydrogen-bond acceptors (Lipinski definition) is 22. The number of hydrogen-bond donors (Lipinski definition) is 24. The molecule has 25 N–H and O–H groups in total. The van der Waals surface area contributed by atoms with E-state index in [2.05, 4.69) is 85.2 Å². The lowest BCUT2D eigenvalue weighted by Crippen LogP contribution is -2.38. The number of thiophene rings is 1. The minimum atomic E-state index is -2.24. The summed E-state index contributed by atoms with van der Waals surface area (Å²) in [5, 5.41) is 225. The zero-order valence-corrected chi connectivity index (χ0v) is 65.5. The number of aliphatic carboxylic acids is 1. The molecule has 0 bridgehead atoms. The second kappa shape index (κ2) is 42.9. The van der Waals surface area contributed by atoms with Gasteiger partial charge in [0.2, 0.25) is 76.7 Å². The fourth-order valence-electron chi connectivity index (χ4n) is 11.2. The largest absolute Gasteiger partial charge is 0.497 e. The molecule has 39 nitrogen and oxygen atoms in total. The Hall–Kier alpha value is -11.4. The van der Waals surface area contributed by atoms with Gasteiger partial charge in [-0.2, -0.15) is 0 Å². The van der Waals surface area contributed by atoms with E-state index in [-0.39, 0.29) is 43.5 Å². The van der Waals surface area contributed by atoms with E-state index in [1.165, 1.54) is 51.6 Å².